The first-order valence-electron chi connectivity index (χ1n) is 6.86. The third-order valence-corrected chi connectivity index (χ3v) is 5.21. The molecule has 2 heterocycles. The molecule has 0 saturated carbocycles. The molecule has 0 aliphatic carbocycles. The number of nitrogens with zero attached hydrogens (tertiary/aromatic N) is 3. The second-order valence-electron chi connectivity index (χ2n) is 5.70. The number of nitrogens with one attached hydrogen (secondary N) is 1. The number of hydrogen-bond donors (Lipinski definition) is 1. The monoisotopic (exact) mass is 298 g/mol. The van der Waals surface area contributed by atoms with Gasteiger partial charge < -0.3 is 10.2 Å². The molecule has 6 nitrogen and oxygen atoms in total. The van der Waals surface area contributed by atoms with Crippen LogP contribution in [0.1, 0.15) is 20.3 Å². The van der Waals surface area contributed by atoms with Crippen molar-refractivity contribution in [3.8, 4) is 0 Å². The first kappa shape index (κ1) is 15.0. The molecule has 1 atom stereocenters. The molecule has 1 aliphatic heterocycles. The van der Waals surface area contributed by atoms with Gasteiger partial charge in [0.2, 0.25) is 0 Å². The molecule has 0 aromatic carbocycles. The summed E-state index contributed by atoms with van der Waals surface area (Å²) in [6.45, 7) is 5.10. The molecule has 112 valence electrons. The van der Waals surface area contributed by atoms with Crippen LogP contribution < -0.4 is 10.2 Å². The lowest BCUT2D eigenvalue weighted by atomic mass is 10.2. The van der Waals surface area contributed by atoms with Crippen LogP contribution in [0.2, 0.25) is 0 Å². The van der Waals surface area contributed by atoms with E-state index in [-0.39, 0.29) is 17.5 Å². The van der Waals surface area contributed by atoms with E-state index in [4.69, 9.17) is 0 Å². The van der Waals surface area contributed by atoms with Crippen molar-refractivity contribution in [2.75, 3.05) is 35.3 Å². The van der Waals surface area contributed by atoms with E-state index in [1.165, 1.54) is 6.33 Å². The summed E-state index contributed by atoms with van der Waals surface area (Å²) in [4.78, 5) is 10.4. The van der Waals surface area contributed by atoms with E-state index in [0.29, 0.717) is 12.3 Å². The highest BCUT2D eigenvalue weighted by atomic mass is 32.2. The van der Waals surface area contributed by atoms with Gasteiger partial charge in [0, 0.05) is 25.7 Å². The van der Waals surface area contributed by atoms with Gasteiger partial charge in [-0.15, -0.1) is 0 Å². The molecule has 0 bridgehead atoms. The predicted molar refractivity (Wildman–Crippen MR) is 80.8 cm³/mol. The lowest BCUT2D eigenvalue weighted by molar-refractivity contribution is 0.600. The average Bonchev–Trinajstić information content (AvgIpc) is 2.76. The standard InChI is InChI=1S/C13H22N4O2S/c1-10(2)7-14-12-6-13(16-9-15-12)17(3)11-4-5-20(18,19)8-11/h6,9-11H,4-5,7-8H2,1-3H3,(H,14,15,16). The third kappa shape index (κ3) is 3.82. The first-order valence-corrected chi connectivity index (χ1v) is 8.69. The summed E-state index contributed by atoms with van der Waals surface area (Å²) in [5.41, 5.74) is 0. The summed E-state index contributed by atoms with van der Waals surface area (Å²) < 4.78 is 23.1. The largest absolute Gasteiger partial charge is 0.370 e. The molecule has 20 heavy (non-hydrogen) atoms. The van der Waals surface area contributed by atoms with Crippen molar-refractivity contribution >= 4 is 21.5 Å². The van der Waals surface area contributed by atoms with Crippen molar-refractivity contribution in [2.45, 2.75) is 26.3 Å². The highest BCUT2D eigenvalue weighted by molar-refractivity contribution is 7.91. The Balaban J connectivity index is 2.06. The molecule has 1 saturated heterocycles. The summed E-state index contributed by atoms with van der Waals surface area (Å²) in [6, 6.07) is 1.88. The normalized spacial score (nSPS) is 21.1. The van der Waals surface area contributed by atoms with Crippen molar-refractivity contribution in [2.24, 2.45) is 5.92 Å². The number of anilines is 2. The number of hydrogen-bond acceptors (Lipinski definition) is 6. The molecule has 0 radical (unpaired) electrons. The van der Waals surface area contributed by atoms with Crippen LogP contribution in [0.15, 0.2) is 12.4 Å². The van der Waals surface area contributed by atoms with E-state index in [1.54, 1.807) is 0 Å². The summed E-state index contributed by atoms with van der Waals surface area (Å²) >= 11 is 0. The maximum atomic E-state index is 11.5. The van der Waals surface area contributed by atoms with Crippen LogP contribution in [0, 0.1) is 5.92 Å². The van der Waals surface area contributed by atoms with Gasteiger partial charge in [-0.2, -0.15) is 0 Å². The zero-order valence-electron chi connectivity index (χ0n) is 12.2. The summed E-state index contributed by atoms with van der Waals surface area (Å²) in [5, 5.41) is 3.25. The van der Waals surface area contributed by atoms with E-state index >= 15 is 0 Å². The second kappa shape index (κ2) is 5.95. The predicted octanol–water partition coefficient (Wildman–Crippen LogP) is 1.17. The van der Waals surface area contributed by atoms with Crippen LogP contribution in [-0.4, -0.2) is 49.5 Å². The van der Waals surface area contributed by atoms with Crippen LogP contribution >= 0.6 is 0 Å². The fraction of sp³-hybridized carbons (Fsp3) is 0.692. The minimum Gasteiger partial charge on any atom is -0.370 e. The van der Waals surface area contributed by atoms with Crippen molar-refractivity contribution < 1.29 is 8.42 Å². The van der Waals surface area contributed by atoms with Gasteiger partial charge in [-0.3, -0.25) is 0 Å². The van der Waals surface area contributed by atoms with Gasteiger partial charge in [-0.25, -0.2) is 18.4 Å². The first-order chi connectivity index (χ1) is 9.37. The van der Waals surface area contributed by atoms with Crippen molar-refractivity contribution in [1.82, 2.24) is 9.97 Å². The smallest absolute Gasteiger partial charge is 0.152 e. The van der Waals surface area contributed by atoms with Gasteiger partial charge >= 0.3 is 0 Å². The minimum absolute atomic E-state index is 0.00727. The Morgan fingerprint density at radius 2 is 2.20 bits per heavy atom. The van der Waals surface area contributed by atoms with Gasteiger partial charge in [-0.05, 0) is 12.3 Å². The SMILES string of the molecule is CC(C)CNc1cc(N(C)C2CCS(=O)(=O)C2)ncn1. The topological polar surface area (TPSA) is 75.2 Å². The van der Waals surface area contributed by atoms with Crippen molar-refractivity contribution in [1.29, 1.82) is 0 Å². The molecule has 0 amide bonds. The van der Waals surface area contributed by atoms with Crippen LogP contribution in [0.3, 0.4) is 0 Å². The van der Waals surface area contributed by atoms with Gasteiger partial charge in [0.1, 0.15) is 18.0 Å². The van der Waals surface area contributed by atoms with Gasteiger partial charge in [0.15, 0.2) is 9.84 Å². The Hall–Kier alpha value is -1.37. The van der Waals surface area contributed by atoms with E-state index in [9.17, 15) is 8.42 Å². The Labute approximate surface area is 120 Å². The van der Waals surface area contributed by atoms with Gasteiger partial charge in [-0.1, -0.05) is 13.8 Å². The van der Waals surface area contributed by atoms with E-state index in [1.807, 2.05) is 18.0 Å². The molecule has 1 aromatic rings. The highest BCUT2D eigenvalue weighted by Gasteiger charge is 2.31. The lowest BCUT2D eigenvalue weighted by Crippen LogP contribution is -2.33. The van der Waals surface area contributed by atoms with Crippen molar-refractivity contribution in [3.63, 3.8) is 0 Å². The average molecular weight is 298 g/mol. The fourth-order valence-corrected chi connectivity index (χ4v) is 3.99. The second-order valence-corrected chi connectivity index (χ2v) is 7.93. The zero-order valence-corrected chi connectivity index (χ0v) is 13.0. The molecule has 2 rings (SSSR count). The van der Waals surface area contributed by atoms with E-state index in [0.717, 1.165) is 18.2 Å². The van der Waals surface area contributed by atoms with Gasteiger partial charge in [0.25, 0.3) is 0 Å². The number of rotatable bonds is 5. The van der Waals surface area contributed by atoms with Gasteiger partial charge in [0.05, 0.1) is 11.5 Å². The van der Waals surface area contributed by atoms with E-state index < -0.39 is 9.84 Å². The molecule has 1 fully saturated rings. The summed E-state index contributed by atoms with van der Waals surface area (Å²) in [5.74, 6) is 2.55. The maximum absolute atomic E-state index is 11.5. The highest BCUT2D eigenvalue weighted by Crippen LogP contribution is 2.22. The Kier molecular flexibility index (Phi) is 4.47. The van der Waals surface area contributed by atoms with Crippen molar-refractivity contribution in [3.05, 3.63) is 12.4 Å². The zero-order chi connectivity index (χ0) is 14.8. The van der Waals surface area contributed by atoms with E-state index in [2.05, 4.69) is 29.1 Å². The van der Waals surface area contributed by atoms with Crippen LogP contribution in [0.4, 0.5) is 11.6 Å². The Bertz CT molecular complexity index is 559. The molecule has 1 N–H and O–H groups in total. The quantitative estimate of drug-likeness (QED) is 0.879. The summed E-state index contributed by atoms with van der Waals surface area (Å²) in [7, 11) is -0.992. The number of aromatic nitrogens is 2. The fourth-order valence-electron chi connectivity index (χ4n) is 2.21. The van der Waals surface area contributed by atoms with Crippen LogP contribution in [-0.2, 0) is 9.84 Å². The summed E-state index contributed by atoms with van der Waals surface area (Å²) in [6.07, 6.45) is 2.18. The Morgan fingerprint density at radius 1 is 1.45 bits per heavy atom. The van der Waals surface area contributed by atoms with Crippen LogP contribution in [0.5, 0.6) is 0 Å². The Morgan fingerprint density at radius 3 is 2.80 bits per heavy atom. The molecular formula is C13H22N4O2S. The molecule has 1 aliphatic rings. The molecule has 7 heteroatoms. The number of sulfone groups is 1. The minimum atomic E-state index is -2.88. The van der Waals surface area contributed by atoms with Crippen LogP contribution in [0.25, 0.3) is 0 Å². The molecule has 1 unspecified atom stereocenters. The lowest BCUT2D eigenvalue weighted by Gasteiger charge is -2.24. The maximum Gasteiger partial charge on any atom is 0.152 e. The third-order valence-electron chi connectivity index (χ3n) is 3.46. The molecule has 1 aromatic heterocycles. The molecular weight excluding hydrogens is 276 g/mol. The molecule has 0 spiro atoms.